The van der Waals surface area contributed by atoms with Crippen LogP contribution in [0.5, 0.6) is 0 Å². The summed E-state index contributed by atoms with van der Waals surface area (Å²) in [5.74, 6) is -8.40. The van der Waals surface area contributed by atoms with Crippen LogP contribution in [-0.4, -0.2) is 46.8 Å². The minimum atomic E-state index is -4.83. The standard InChI is InChI=1S/C9H11F4NO3/c10-7(11)9(12,13)8(17)14-4-2-1-3-5(14)6(15)16/h5,7H,1-4H2,(H,15,16)/t5-/m1/s1. The average Bonchev–Trinajstić information content (AvgIpc) is 2.27. The first kappa shape index (κ1) is 13.7. The van der Waals surface area contributed by atoms with Crippen molar-refractivity contribution >= 4 is 11.9 Å². The van der Waals surface area contributed by atoms with Crippen molar-refractivity contribution in [2.45, 2.75) is 37.7 Å². The molecule has 1 heterocycles. The Balaban J connectivity index is 2.89. The number of halogens is 4. The summed E-state index contributed by atoms with van der Waals surface area (Å²) in [6.45, 7) is -0.238. The Kier molecular flexibility index (Phi) is 3.94. The first-order valence-corrected chi connectivity index (χ1v) is 4.98. The molecule has 0 spiro atoms. The van der Waals surface area contributed by atoms with Gasteiger partial charge in [-0.3, -0.25) is 4.79 Å². The van der Waals surface area contributed by atoms with Gasteiger partial charge in [0.2, 0.25) is 0 Å². The van der Waals surface area contributed by atoms with Crippen LogP contribution in [0.1, 0.15) is 19.3 Å². The zero-order valence-corrected chi connectivity index (χ0v) is 8.71. The lowest BCUT2D eigenvalue weighted by Gasteiger charge is -2.34. The number of carbonyl (C=O) groups is 2. The highest BCUT2D eigenvalue weighted by atomic mass is 19.3. The van der Waals surface area contributed by atoms with Crippen LogP contribution >= 0.6 is 0 Å². The topological polar surface area (TPSA) is 57.6 Å². The lowest BCUT2D eigenvalue weighted by atomic mass is 10.0. The maximum absolute atomic E-state index is 12.8. The van der Waals surface area contributed by atoms with Crippen LogP contribution < -0.4 is 0 Å². The van der Waals surface area contributed by atoms with Crippen LogP contribution in [0.3, 0.4) is 0 Å². The predicted molar refractivity (Wildman–Crippen MR) is 47.9 cm³/mol. The summed E-state index contributed by atoms with van der Waals surface area (Å²) in [6, 6.07) is -1.44. The van der Waals surface area contributed by atoms with Crippen molar-refractivity contribution in [3.63, 3.8) is 0 Å². The van der Waals surface area contributed by atoms with Gasteiger partial charge in [0.25, 0.3) is 5.91 Å². The molecule has 0 aliphatic carbocycles. The molecule has 1 aliphatic rings. The second kappa shape index (κ2) is 4.89. The van der Waals surface area contributed by atoms with Gasteiger partial charge in [-0.1, -0.05) is 0 Å². The molecule has 0 unspecified atom stereocenters. The number of carboxylic acids is 1. The number of hydrogen-bond donors (Lipinski definition) is 1. The van der Waals surface area contributed by atoms with E-state index >= 15 is 0 Å². The van der Waals surface area contributed by atoms with Crippen LogP contribution in [0.4, 0.5) is 17.6 Å². The van der Waals surface area contributed by atoms with Crippen molar-refractivity contribution in [1.82, 2.24) is 4.90 Å². The molecule has 0 bridgehead atoms. The summed E-state index contributed by atoms with van der Waals surface area (Å²) >= 11 is 0. The van der Waals surface area contributed by atoms with E-state index in [9.17, 15) is 27.2 Å². The summed E-state index contributed by atoms with van der Waals surface area (Å²) in [5, 5.41) is 8.74. The number of aliphatic carboxylic acids is 1. The highest BCUT2D eigenvalue weighted by Crippen LogP contribution is 2.29. The summed E-state index contributed by atoms with van der Waals surface area (Å²) < 4.78 is 49.7. The van der Waals surface area contributed by atoms with E-state index in [1.54, 1.807) is 0 Å². The molecular weight excluding hydrogens is 246 g/mol. The van der Waals surface area contributed by atoms with Crippen LogP contribution in [0, 0.1) is 0 Å². The van der Waals surface area contributed by atoms with E-state index in [1.807, 2.05) is 0 Å². The van der Waals surface area contributed by atoms with Crippen molar-refractivity contribution < 1.29 is 32.3 Å². The molecule has 1 fully saturated rings. The van der Waals surface area contributed by atoms with E-state index in [0.29, 0.717) is 17.7 Å². The van der Waals surface area contributed by atoms with Crippen molar-refractivity contribution in [3.8, 4) is 0 Å². The smallest absolute Gasteiger partial charge is 0.383 e. The maximum Gasteiger partial charge on any atom is 0.383 e. The Bertz CT molecular complexity index is 321. The van der Waals surface area contributed by atoms with Gasteiger partial charge in [0.15, 0.2) is 0 Å². The molecule has 17 heavy (non-hydrogen) atoms. The maximum atomic E-state index is 12.8. The Morgan fingerprint density at radius 3 is 2.35 bits per heavy atom. The van der Waals surface area contributed by atoms with E-state index in [1.165, 1.54) is 0 Å². The summed E-state index contributed by atoms with van der Waals surface area (Å²) in [4.78, 5) is 22.3. The highest BCUT2D eigenvalue weighted by Gasteiger charge is 2.53. The third-order valence-electron chi connectivity index (χ3n) is 2.61. The Hall–Kier alpha value is -1.34. The van der Waals surface area contributed by atoms with E-state index in [-0.39, 0.29) is 13.0 Å². The molecule has 0 radical (unpaired) electrons. The molecular formula is C9H11F4NO3. The van der Waals surface area contributed by atoms with Gasteiger partial charge >= 0.3 is 18.3 Å². The molecule has 1 aliphatic heterocycles. The Labute approximate surface area is 94.2 Å². The normalized spacial score (nSPS) is 21.7. The van der Waals surface area contributed by atoms with Gasteiger partial charge < -0.3 is 10.0 Å². The quantitative estimate of drug-likeness (QED) is 0.776. The van der Waals surface area contributed by atoms with Crippen molar-refractivity contribution in [1.29, 1.82) is 0 Å². The molecule has 4 nitrogen and oxygen atoms in total. The minimum Gasteiger partial charge on any atom is -0.480 e. The molecule has 0 aromatic rings. The molecule has 1 atom stereocenters. The van der Waals surface area contributed by atoms with E-state index in [0.717, 1.165) is 0 Å². The minimum absolute atomic E-state index is 0.000388. The second-order valence-electron chi connectivity index (χ2n) is 3.77. The predicted octanol–water partition coefficient (Wildman–Crippen LogP) is 1.35. The monoisotopic (exact) mass is 257 g/mol. The van der Waals surface area contributed by atoms with Gasteiger partial charge in [-0.05, 0) is 19.3 Å². The van der Waals surface area contributed by atoms with Crippen LogP contribution in [0.25, 0.3) is 0 Å². The number of nitrogens with zero attached hydrogens (tertiary/aromatic N) is 1. The molecule has 8 heteroatoms. The fourth-order valence-corrected chi connectivity index (χ4v) is 1.72. The molecule has 98 valence electrons. The summed E-state index contributed by atoms with van der Waals surface area (Å²) in [5.41, 5.74) is 0. The lowest BCUT2D eigenvalue weighted by molar-refractivity contribution is -0.186. The average molecular weight is 257 g/mol. The zero-order valence-electron chi connectivity index (χ0n) is 8.71. The van der Waals surface area contributed by atoms with Gasteiger partial charge in [-0.25, -0.2) is 13.6 Å². The fourth-order valence-electron chi connectivity index (χ4n) is 1.72. The number of rotatable bonds is 3. The number of piperidine rings is 1. The summed E-state index contributed by atoms with van der Waals surface area (Å²) in [7, 11) is 0. The van der Waals surface area contributed by atoms with Crippen LogP contribution in [0.2, 0.25) is 0 Å². The zero-order chi connectivity index (χ0) is 13.2. The lowest BCUT2D eigenvalue weighted by Crippen LogP contribution is -2.55. The highest BCUT2D eigenvalue weighted by molar-refractivity contribution is 5.88. The molecule has 1 amide bonds. The molecule has 0 aromatic carbocycles. The van der Waals surface area contributed by atoms with Crippen LogP contribution in [-0.2, 0) is 9.59 Å². The Morgan fingerprint density at radius 2 is 1.88 bits per heavy atom. The number of alkyl halides is 4. The largest absolute Gasteiger partial charge is 0.480 e. The van der Waals surface area contributed by atoms with Gasteiger partial charge in [0, 0.05) is 6.54 Å². The molecule has 1 saturated heterocycles. The van der Waals surface area contributed by atoms with Gasteiger partial charge in [0.05, 0.1) is 0 Å². The first-order valence-electron chi connectivity index (χ1n) is 4.98. The number of carboxylic acid groups (broad SMARTS) is 1. The number of hydrogen-bond acceptors (Lipinski definition) is 2. The van der Waals surface area contributed by atoms with E-state index in [4.69, 9.17) is 5.11 Å². The van der Waals surface area contributed by atoms with E-state index in [2.05, 4.69) is 0 Å². The second-order valence-corrected chi connectivity index (χ2v) is 3.77. The number of likely N-dealkylation sites (tertiary alicyclic amines) is 1. The number of amides is 1. The fraction of sp³-hybridized carbons (Fsp3) is 0.778. The summed E-state index contributed by atoms with van der Waals surface area (Å²) in [6.07, 6.45) is -3.35. The Morgan fingerprint density at radius 1 is 1.29 bits per heavy atom. The van der Waals surface area contributed by atoms with Crippen LogP contribution in [0.15, 0.2) is 0 Å². The molecule has 0 aromatic heterocycles. The third kappa shape index (κ3) is 2.67. The molecule has 0 saturated carbocycles. The van der Waals surface area contributed by atoms with Gasteiger partial charge in [-0.15, -0.1) is 0 Å². The van der Waals surface area contributed by atoms with Gasteiger partial charge in [-0.2, -0.15) is 8.78 Å². The first-order chi connectivity index (χ1) is 7.78. The molecule has 1 N–H and O–H groups in total. The SMILES string of the molecule is O=C(O)[C@H]1CCCCN1C(=O)C(F)(F)C(F)F. The van der Waals surface area contributed by atoms with Crippen molar-refractivity contribution in [2.75, 3.05) is 6.54 Å². The molecule has 1 rings (SSSR count). The van der Waals surface area contributed by atoms with Gasteiger partial charge in [0.1, 0.15) is 6.04 Å². The number of carbonyl (C=O) groups excluding carboxylic acids is 1. The third-order valence-corrected chi connectivity index (χ3v) is 2.61. The van der Waals surface area contributed by atoms with E-state index < -0.39 is 30.3 Å². The van der Waals surface area contributed by atoms with Crippen molar-refractivity contribution in [3.05, 3.63) is 0 Å². The van der Waals surface area contributed by atoms with Crippen molar-refractivity contribution in [2.24, 2.45) is 0 Å².